The molecule has 0 aromatic heterocycles. The zero-order chi connectivity index (χ0) is 11.5. The highest BCUT2D eigenvalue weighted by Crippen LogP contribution is 2.26. The highest BCUT2D eigenvalue weighted by atomic mass is 19.4. The summed E-state index contributed by atoms with van der Waals surface area (Å²) in [5, 5.41) is 0. The van der Waals surface area contributed by atoms with Crippen LogP contribution in [0.2, 0.25) is 0 Å². The molecular weight excluding hydrogens is 205 g/mol. The third kappa shape index (κ3) is 4.38. The lowest BCUT2D eigenvalue weighted by atomic mass is 10.2. The smallest absolute Gasteiger partial charge is 0.328 e. The van der Waals surface area contributed by atoms with Gasteiger partial charge in [0.25, 0.3) is 0 Å². The highest BCUT2D eigenvalue weighted by Gasteiger charge is 2.35. The monoisotopic (exact) mass is 224 g/mol. The first-order valence-electron chi connectivity index (χ1n) is 5.48. The van der Waals surface area contributed by atoms with Gasteiger partial charge in [0.05, 0.1) is 6.54 Å². The molecule has 0 radical (unpaired) electrons. The average molecular weight is 224 g/mol. The van der Waals surface area contributed by atoms with Crippen LogP contribution in [-0.2, 0) is 0 Å². The lowest BCUT2D eigenvalue weighted by Crippen LogP contribution is -2.41. The van der Waals surface area contributed by atoms with Gasteiger partial charge in [0.2, 0.25) is 0 Å². The number of hydrogen-bond donors (Lipinski definition) is 1. The minimum Gasteiger partial charge on any atom is -0.328 e. The normalized spacial score (nSPS) is 27.6. The Morgan fingerprint density at radius 3 is 2.40 bits per heavy atom. The van der Waals surface area contributed by atoms with Crippen molar-refractivity contribution in [1.29, 1.82) is 0 Å². The molecule has 15 heavy (non-hydrogen) atoms. The van der Waals surface area contributed by atoms with Crippen LogP contribution in [0, 0.1) is 0 Å². The minimum atomic E-state index is -4.10. The maximum absolute atomic E-state index is 12.3. The maximum Gasteiger partial charge on any atom is 0.401 e. The summed E-state index contributed by atoms with van der Waals surface area (Å²) in [5.74, 6) is 0. The van der Waals surface area contributed by atoms with Gasteiger partial charge in [-0.05, 0) is 32.2 Å². The SMILES string of the molecule is CCCN(CC(F)(F)F)C1CCC(N)C1. The number of hydrogen-bond acceptors (Lipinski definition) is 2. The molecule has 0 aliphatic heterocycles. The molecule has 1 saturated carbocycles. The van der Waals surface area contributed by atoms with Gasteiger partial charge in [-0.1, -0.05) is 6.92 Å². The lowest BCUT2D eigenvalue weighted by Gasteiger charge is -2.29. The molecule has 2 atom stereocenters. The van der Waals surface area contributed by atoms with Crippen molar-refractivity contribution in [2.75, 3.05) is 13.1 Å². The molecule has 0 heterocycles. The summed E-state index contributed by atoms with van der Waals surface area (Å²) < 4.78 is 36.9. The summed E-state index contributed by atoms with van der Waals surface area (Å²) >= 11 is 0. The van der Waals surface area contributed by atoms with Crippen LogP contribution in [0.15, 0.2) is 0 Å². The Morgan fingerprint density at radius 1 is 1.33 bits per heavy atom. The van der Waals surface area contributed by atoms with E-state index in [1.165, 1.54) is 4.90 Å². The fourth-order valence-electron chi connectivity index (χ4n) is 2.23. The van der Waals surface area contributed by atoms with E-state index in [2.05, 4.69) is 0 Å². The molecule has 2 N–H and O–H groups in total. The third-order valence-corrected chi connectivity index (χ3v) is 2.86. The van der Waals surface area contributed by atoms with Crippen LogP contribution in [0.5, 0.6) is 0 Å². The van der Waals surface area contributed by atoms with Crippen molar-refractivity contribution in [1.82, 2.24) is 4.90 Å². The van der Waals surface area contributed by atoms with Gasteiger partial charge >= 0.3 is 6.18 Å². The van der Waals surface area contributed by atoms with Crippen LogP contribution in [0.1, 0.15) is 32.6 Å². The van der Waals surface area contributed by atoms with Crippen LogP contribution in [0.3, 0.4) is 0 Å². The van der Waals surface area contributed by atoms with Crippen LogP contribution >= 0.6 is 0 Å². The highest BCUT2D eigenvalue weighted by molar-refractivity contribution is 4.85. The van der Waals surface area contributed by atoms with E-state index in [0.29, 0.717) is 13.0 Å². The second-order valence-corrected chi connectivity index (χ2v) is 4.31. The molecule has 0 bridgehead atoms. The average Bonchev–Trinajstić information content (AvgIpc) is 2.48. The number of alkyl halides is 3. The van der Waals surface area contributed by atoms with Crippen LogP contribution < -0.4 is 5.73 Å². The van der Waals surface area contributed by atoms with Gasteiger partial charge in [-0.25, -0.2) is 0 Å². The van der Waals surface area contributed by atoms with E-state index in [1.807, 2.05) is 6.92 Å². The summed E-state index contributed by atoms with van der Waals surface area (Å²) in [6.45, 7) is 1.62. The van der Waals surface area contributed by atoms with Crippen molar-refractivity contribution in [2.45, 2.75) is 50.9 Å². The van der Waals surface area contributed by atoms with Crippen LogP contribution in [-0.4, -0.2) is 36.2 Å². The van der Waals surface area contributed by atoms with Crippen LogP contribution in [0.25, 0.3) is 0 Å². The summed E-state index contributed by atoms with van der Waals surface area (Å²) in [6.07, 6.45) is -0.986. The Bertz CT molecular complexity index is 194. The Kier molecular flexibility index (Phi) is 4.40. The largest absolute Gasteiger partial charge is 0.401 e. The molecule has 1 rings (SSSR count). The van der Waals surface area contributed by atoms with E-state index < -0.39 is 12.7 Å². The predicted molar refractivity (Wildman–Crippen MR) is 53.5 cm³/mol. The fraction of sp³-hybridized carbons (Fsp3) is 1.00. The summed E-state index contributed by atoms with van der Waals surface area (Å²) in [4.78, 5) is 1.53. The van der Waals surface area contributed by atoms with E-state index in [1.54, 1.807) is 0 Å². The summed E-state index contributed by atoms with van der Waals surface area (Å²) in [6, 6.07) is 0.115. The van der Waals surface area contributed by atoms with E-state index in [9.17, 15) is 13.2 Å². The van der Waals surface area contributed by atoms with Gasteiger partial charge in [0.1, 0.15) is 0 Å². The van der Waals surface area contributed by atoms with Crippen molar-refractivity contribution in [3.05, 3.63) is 0 Å². The molecule has 0 amide bonds. The zero-order valence-corrected chi connectivity index (χ0v) is 9.06. The molecule has 90 valence electrons. The Morgan fingerprint density at radius 2 is 2.00 bits per heavy atom. The van der Waals surface area contributed by atoms with Crippen molar-refractivity contribution >= 4 is 0 Å². The Labute approximate surface area is 88.6 Å². The Balaban J connectivity index is 2.50. The molecule has 0 spiro atoms. The molecule has 5 heteroatoms. The van der Waals surface area contributed by atoms with E-state index in [0.717, 1.165) is 19.3 Å². The maximum atomic E-state index is 12.3. The number of nitrogens with two attached hydrogens (primary N) is 1. The van der Waals surface area contributed by atoms with Crippen molar-refractivity contribution in [3.8, 4) is 0 Å². The third-order valence-electron chi connectivity index (χ3n) is 2.86. The molecule has 1 fully saturated rings. The first-order valence-corrected chi connectivity index (χ1v) is 5.48. The topological polar surface area (TPSA) is 29.3 Å². The molecule has 0 saturated heterocycles. The zero-order valence-electron chi connectivity index (χ0n) is 9.06. The van der Waals surface area contributed by atoms with Gasteiger partial charge in [-0.2, -0.15) is 13.2 Å². The molecule has 2 nitrogen and oxygen atoms in total. The standard InChI is InChI=1S/C10H19F3N2/c1-2-5-15(7-10(11,12)13)9-4-3-8(14)6-9/h8-9H,2-7,14H2,1H3. The molecule has 1 aliphatic rings. The number of rotatable bonds is 4. The van der Waals surface area contributed by atoms with E-state index in [4.69, 9.17) is 5.73 Å². The minimum absolute atomic E-state index is 0.0292. The van der Waals surface area contributed by atoms with Crippen molar-refractivity contribution in [2.24, 2.45) is 5.73 Å². The van der Waals surface area contributed by atoms with Crippen molar-refractivity contribution in [3.63, 3.8) is 0 Å². The quantitative estimate of drug-likeness (QED) is 0.792. The number of nitrogens with zero attached hydrogens (tertiary/aromatic N) is 1. The first-order chi connectivity index (χ1) is 6.92. The van der Waals surface area contributed by atoms with Gasteiger partial charge in [-0.3, -0.25) is 4.90 Å². The Hall–Kier alpha value is -0.290. The summed E-state index contributed by atoms with van der Waals surface area (Å²) in [5.41, 5.74) is 5.71. The molecule has 1 aliphatic carbocycles. The van der Waals surface area contributed by atoms with Gasteiger partial charge < -0.3 is 5.73 Å². The van der Waals surface area contributed by atoms with Crippen LogP contribution in [0.4, 0.5) is 13.2 Å². The molecule has 0 aromatic carbocycles. The van der Waals surface area contributed by atoms with E-state index >= 15 is 0 Å². The molecular formula is C10H19F3N2. The van der Waals surface area contributed by atoms with E-state index in [-0.39, 0.29) is 12.1 Å². The van der Waals surface area contributed by atoms with Crippen molar-refractivity contribution < 1.29 is 13.2 Å². The van der Waals surface area contributed by atoms with Gasteiger partial charge in [0.15, 0.2) is 0 Å². The molecule has 2 unspecified atom stereocenters. The second-order valence-electron chi connectivity index (χ2n) is 4.31. The summed E-state index contributed by atoms with van der Waals surface area (Å²) in [7, 11) is 0. The van der Waals surface area contributed by atoms with Gasteiger partial charge in [-0.15, -0.1) is 0 Å². The first kappa shape index (κ1) is 12.8. The predicted octanol–water partition coefficient (Wildman–Crippen LogP) is 2.14. The second kappa shape index (κ2) is 5.16. The van der Waals surface area contributed by atoms with Gasteiger partial charge in [0, 0.05) is 12.1 Å². The fourth-order valence-corrected chi connectivity index (χ4v) is 2.23. The number of halogens is 3. The molecule has 0 aromatic rings. The lowest BCUT2D eigenvalue weighted by molar-refractivity contribution is -0.150.